The van der Waals surface area contributed by atoms with Crippen molar-refractivity contribution in [3.8, 4) is 0 Å². The highest BCUT2D eigenvalue weighted by molar-refractivity contribution is 6.30. The Kier molecular flexibility index (Phi) is 4.31. The topological polar surface area (TPSA) is 32.3 Å². The fourth-order valence-corrected chi connectivity index (χ4v) is 2.92. The van der Waals surface area contributed by atoms with E-state index in [0.29, 0.717) is 12.6 Å². The maximum Gasteiger partial charge on any atom is 0.0743 e. The van der Waals surface area contributed by atoms with Crippen LogP contribution in [0.4, 0.5) is 0 Å². The molecule has 0 aliphatic heterocycles. The van der Waals surface area contributed by atoms with E-state index in [1.165, 1.54) is 11.1 Å². The number of aliphatic hydroxyl groups is 1. The van der Waals surface area contributed by atoms with Crippen LogP contribution in [0, 0.1) is 0 Å². The molecule has 0 saturated heterocycles. The summed E-state index contributed by atoms with van der Waals surface area (Å²) in [5.74, 6) is 0. The van der Waals surface area contributed by atoms with Crippen molar-refractivity contribution in [1.29, 1.82) is 0 Å². The van der Waals surface area contributed by atoms with Crippen molar-refractivity contribution < 1.29 is 5.11 Å². The SMILES string of the molecule is CCCC(C)(O)CNC1Cc2ccc(Cl)cc2C1. The van der Waals surface area contributed by atoms with Gasteiger partial charge in [-0.05, 0) is 49.4 Å². The van der Waals surface area contributed by atoms with E-state index in [4.69, 9.17) is 11.6 Å². The van der Waals surface area contributed by atoms with Crippen LogP contribution in [0.15, 0.2) is 18.2 Å². The van der Waals surface area contributed by atoms with Gasteiger partial charge in [-0.2, -0.15) is 0 Å². The van der Waals surface area contributed by atoms with E-state index in [9.17, 15) is 5.11 Å². The molecular formula is C15H22ClNO. The van der Waals surface area contributed by atoms with E-state index in [0.717, 1.165) is 30.7 Å². The third kappa shape index (κ3) is 3.47. The zero-order valence-corrected chi connectivity index (χ0v) is 11.9. The second kappa shape index (κ2) is 5.60. The Morgan fingerprint density at radius 2 is 2.11 bits per heavy atom. The van der Waals surface area contributed by atoms with Crippen LogP contribution >= 0.6 is 11.6 Å². The maximum absolute atomic E-state index is 10.2. The van der Waals surface area contributed by atoms with Gasteiger partial charge in [-0.15, -0.1) is 0 Å². The molecular weight excluding hydrogens is 246 g/mol. The lowest BCUT2D eigenvalue weighted by molar-refractivity contribution is 0.0474. The van der Waals surface area contributed by atoms with Crippen LogP contribution in [0.5, 0.6) is 0 Å². The fourth-order valence-electron chi connectivity index (χ4n) is 2.72. The quantitative estimate of drug-likeness (QED) is 0.860. The minimum atomic E-state index is -0.596. The van der Waals surface area contributed by atoms with Gasteiger partial charge in [0.25, 0.3) is 0 Å². The lowest BCUT2D eigenvalue weighted by Crippen LogP contribution is -2.42. The summed E-state index contributed by atoms with van der Waals surface area (Å²) in [6, 6.07) is 6.56. The third-order valence-electron chi connectivity index (χ3n) is 3.66. The fraction of sp³-hybridized carbons (Fsp3) is 0.600. The molecule has 100 valence electrons. The average molecular weight is 268 g/mol. The van der Waals surface area contributed by atoms with Crippen molar-refractivity contribution in [3.05, 3.63) is 34.3 Å². The molecule has 2 N–H and O–H groups in total. The normalized spacial score (nSPS) is 21.7. The van der Waals surface area contributed by atoms with E-state index in [-0.39, 0.29) is 0 Å². The highest BCUT2D eigenvalue weighted by atomic mass is 35.5. The van der Waals surface area contributed by atoms with Gasteiger partial charge in [-0.3, -0.25) is 0 Å². The molecule has 2 unspecified atom stereocenters. The third-order valence-corrected chi connectivity index (χ3v) is 3.90. The van der Waals surface area contributed by atoms with Crippen LogP contribution < -0.4 is 5.32 Å². The summed E-state index contributed by atoms with van der Waals surface area (Å²) in [6.45, 7) is 4.66. The molecule has 0 aromatic heterocycles. The largest absolute Gasteiger partial charge is 0.389 e. The molecule has 1 aliphatic carbocycles. The first-order valence-electron chi connectivity index (χ1n) is 6.73. The number of benzene rings is 1. The Morgan fingerprint density at radius 3 is 2.83 bits per heavy atom. The Balaban J connectivity index is 1.88. The van der Waals surface area contributed by atoms with Gasteiger partial charge in [-0.25, -0.2) is 0 Å². The molecule has 1 aromatic carbocycles. The van der Waals surface area contributed by atoms with Crippen molar-refractivity contribution >= 4 is 11.6 Å². The zero-order chi connectivity index (χ0) is 13.2. The molecule has 0 saturated carbocycles. The van der Waals surface area contributed by atoms with Crippen LogP contribution in [0.1, 0.15) is 37.8 Å². The highest BCUT2D eigenvalue weighted by Gasteiger charge is 2.25. The molecule has 0 fully saturated rings. The Bertz CT molecular complexity index is 417. The lowest BCUT2D eigenvalue weighted by atomic mass is 10.0. The minimum Gasteiger partial charge on any atom is -0.389 e. The van der Waals surface area contributed by atoms with E-state index >= 15 is 0 Å². The molecule has 2 nitrogen and oxygen atoms in total. The van der Waals surface area contributed by atoms with Gasteiger partial charge >= 0.3 is 0 Å². The van der Waals surface area contributed by atoms with Gasteiger partial charge in [0.05, 0.1) is 5.60 Å². The summed E-state index contributed by atoms with van der Waals surface area (Å²) in [4.78, 5) is 0. The Labute approximate surface area is 114 Å². The zero-order valence-electron chi connectivity index (χ0n) is 11.2. The molecule has 0 spiro atoms. The van der Waals surface area contributed by atoms with Crippen LogP contribution in [0.3, 0.4) is 0 Å². The summed E-state index contributed by atoms with van der Waals surface area (Å²) >= 11 is 6.00. The van der Waals surface area contributed by atoms with Crippen molar-refractivity contribution in [2.24, 2.45) is 0 Å². The first-order valence-corrected chi connectivity index (χ1v) is 7.11. The second-order valence-electron chi connectivity index (χ2n) is 5.65. The highest BCUT2D eigenvalue weighted by Crippen LogP contribution is 2.25. The minimum absolute atomic E-state index is 0.432. The van der Waals surface area contributed by atoms with Gasteiger partial charge in [0, 0.05) is 17.6 Å². The van der Waals surface area contributed by atoms with Gasteiger partial charge in [0.1, 0.15) is 0 Å². The number of hydrogen-bond donors (Lipinski definition) is 2. The Morgan fingerprint density at radius 1 is 1.39 bits per heavy atom. The van der Waals surface area contributed by atoms with Gasteiger partial charge in [0.2, 0.25) is 0 Å². The van der Waals surface area contributed by atoms with Gasteiger partial charge < -0.3 is 10.4 Å². The lowest BCUT2D eigenvalue weighted by Gasteiger charge is -2.25. The number of halogens is 1. The monoisotopic (exact) mass is 267 g/mol. The van der Waals surface area contributed by atoms with Gasteiger partial charge in [-0.1, -0.05) is 31.0 Å². The van der Waals surface area contributed by atoms with Crippen molar-refractivity contribution in [3.63, 3.8) is 0 Å². The van der Waals surface area contributed by atoms with Crippen molar-refractivity contribution in [1.82, 2.24) is 5.32 Å². The molecule has 2 atom stereocenters. The van der Waals surface area contributed by atoms with Crippen molar-refractivity contribution in [2.45, 2.75) is 51.2 Å². The predicted octanol–water partition coefficient (Wildman–Crippen LogP) is 2.95. The predicted molar refractivity (Wildman–Crippen MR) is 76.2 cm³/mol. The van der Waals surface area contributed by atoms with Crippen LogP contribution in [0.25, 0.3) is 0 Å². The van der Waals surface area contributed by atoms with Crippen LogP contribution in [0.2, 0.25) is 5.02 Å². The number of hydrogen-bond acceptors (Lipinski definition) is 2. The standard InChI is InChI=1S/C15H22ClNO/c1-3-6-15(2,18)10-17-14-8-11-4-5-13(16)7-12(11)9-14/h4-5,7,14,17-18H,3,6,8-10H2,1-2H3. The number of rotatable bonds is 5. The molecule has 1 aliphatic rings. The second-order valence-corrected chi connectivity index (χ2v) is 6.08. The summed E-state index contributed by atoms with van der Waals surface area (Å²) in [7, 11) is 0. The average Bonchev–Trinajstić information content (AvgIpc) is 2.68. The summed E-state index contributed by atoms with van der Waals surface area (Å²) in [5.41, 5.74) is 2.13. The summed E-state index contributed by atoms with van der Waals surface area (Å²) in [5, 5.41) is 14.4. The molecule has 0 amide bonds. The van der Waals surface area contributed by atoms with Gasteiger partial charge in [0.15, 0.2) is 0 Å². The molecule has 0 radical (unpaired) electrons. The van der Waals surface area contributed by atoms with E-state index in [2.05, 4.69) is 24.4 Å². The molecule has 2 rings (SSSR count). The smallest absolute Gasteiger partial charge is 0.0743 e. The maximum atomic E-state index is 10.2. The molecule has 3 heteroatoms. The summed E-state index contributed by atoms with van der Waals surface area (Å²) in [6.07, 6.45) is 3.90. The number of nitrogens with one attached hydrogen (secondary N) is 1. The molecule has 0 bridgehead atoms. The van der Waals surface area contributed by atoms with E-state index < -0.39 is 5.60 Å². The van der Waals surface area contributed by atoms with Crippen LogP contribution in [-0.4, -0.2) is 23.3 Å². The molecule has 0 heterocycles. The first kappa shape index (κ1) is 13.9. The van der Waals surface area contributed by atoms with Crippen molar-refractivity contribution in [2.75, 3.05) is 6.54 Å². The molecule has 18 heavy (non-hydrogen) atoms. The van der Waals surface area contributed by atoms with E-state index in [1.54, 1.807) is 0 Å². The van der Waals surface area contributed by atoms with E-state index in [1.807, 2.05) is 13.0 Å². The number of fused-ring (bicyclic) bond motifs is 1. The molecule has 1 aromatic rings. The summed E-state index contributed by atoms with van der Waals surface area (Å²) < 4.78 is 0. The first-order chi connectivity index (χ1) is 8.50. The Hall–Kier alpha value is -0.570. The van der Waals surface area contributed by atoms with Crippen LogP contribution in [-0.2, 0) is 12.8 Å².